The second-order valence-electron chi connectivity index (χ2n) is 3.55. The average molecular weight is 257 g/mol. The molecule has 1 heterocycles. The number of hydrogen-bond acceptors (Lipinski definition) is 5. The van der Waals surface area contributed by atoms with Crippen LogP contribution in [0.3, 0.4) is 0 Å². The third-order valence-corrected chi connectivity index (χ3v) is 3.04. The first-order valence-corrected chi connectivity index (χ1v) is 6.53. The highest BCUT2D eigenvalue weighted by atomic mass is 32.1. The summed E-state index contributed by atoms with van der Waals surface area (Å²) < 4.78 is 9.90. The van der Waals surface area contributed by atoms with E-state index in [1.54, 1.807) is 18.3 Å². The first-order valence-electron chi connectivity index (χ1n) is 5.71. The van der Waals surface area contributed by atoms with Gasteiger partial charge in [0.25, 0.3) is 0 Å². The average Bonchev–Trinajstić information content (AvgIpc) is 2.70. The van der Waals surface area contributed by atoms with Crippen molar-refractivity contribution in [1.82, 2.24) is 5.32 Å². The van der Waals surface area contributed by atoms with E-state index in [9.17, 15) is 4.79 Å². The largest absolute Gasteiger partial charge is 0.464 e. The second kappa shape index (κ2) is 8.22. The van der Waals surface area contributed by atoms with Gasteiger partial charge in [0, 0.05) is 22.8 Å². The molecule has 1 rings (SSSR count). The van der Waals surface area contributed by atoms with Crippen molar-refractivity contribution < 1.29 is 14.3 Å². The van der Waals surface area contributed by atoms with Crippen molar-refractivity contribution in [1.29, 1.82) is 0 Å². The topological polar surface area (TPSA) is 47.6 Å². The van der Waals surface area contributed by atoms with E-state index in [1.807, 2.05) is 0 Å². The van der Waals surface area contributed by atoms with E-state index < -0.39 is 0 Å². The van der Waals surface area contributed by atoms with Gasteiger partial charge in [-0.25, -0.2) is 4.79 Å². The van der Waals surface area contributed by atoms with Gasteiger partial charge in [-0.05, 0) is 26.0 Å². The third kappa shape index (κ3) is 6.41. The fourth-order valence-electron chi connectivity index (χ4n) is 1.29. The summed E-state index contributed by atoms with van der Waals surface area (Å²) in [5, 5.41) is 3.25. The molecule has 0 aromatic carbocycles. The van der Waals surface area contributed by atoms with Crippen LogP contribution in [-0.4, -0.2) is 32.3 Å². The standard InChI is InChI=1S/C12H19NO3S/c1-3-16-12(14)9-15-7-6-13-8-11-5-4-10(2)17-11/h4-5,13H,3,6-9H2,1-2H3. The Morgan fingerprint density at radius 2 is 2.29 bits per heavy atom. The van der Waals surface area contributed by atoms with Crippen LogP contribution in [0.1, 0.15) is 16.7 Å². The van der Waals surface area contributed by atoms with Crippen molar-refractivity contribution >= 4 is 17.3 Å². The number of thiophene rings is 1. The summed E-state index contributed by atoms with van der Waals surface area (Å²) in [5.41, 5.74) is 0. The lowest BCUT2D eigenvalue weighted by atomic mass is 10.4. The number of ether oxygens (including phenoxy) is 2. The second-order valence-corrected chi connectivity index (χ2v) is 4.92. The summed E-state index contributed by atoms with van der Waals surface area (Å²) >= 11 is 1.79. The minimum absolute atomic E-state index is 0.0353. The van der Waals surface area contributed by atoms with Crippen molar-refractivity contribution in [3.8, 4) is 0 Å². The highest BCUT2D eigenvalue weighted by molar-refractivity contribution is 7.11. The summed E-state index contributed by atoms with van der Waals surface area (Å²) in [4.78, 5) is 13.6. The Balaban J connectivity index is 1.96. The number of carbonyl (C=O) groups is 1. The molecule has 0 spiro atoms. The van der Waals surface area contributed by atoms with Gasteiger partial charge < -0.3 is 14.8 Å². The molecule has 0 saturated carbocycles. The predicted octanol–water partition coefficient (Wildman–Crippen LogP) is 1.73. The molecule has 96 valence electrons. The normalized spacial score (nSPS) is 10.5. The molecule has 0 aliphatic rings. The molecule has 0 saturated heterocycles. The van der Waals surface area contributed by atoms with Gasteiger partial charge in [0.1, 0.15) is 6.61 Å². The Bertz CT molecular complexity index is 338. The van der Waals surface area contributed by atoms with E-state index in [4.69, 9.17) is 9.47 Å². The van der Waals surface area contributed by atoms with Crippen LogP contribution in [0.25, 0.3) is 0 Å². The van der Waals surface area contributed by atoms with Crippen LogP contribution in [0.15, 0.2) is 12.1 Å². The highest BCUT2D eigenvalue weighted by Gasteiger charge is 2.00. The van der Waals surface area contributed by atoms with Crippen molar-refractivity contribution in [2.75, 3.05) is 26.4 Å². The molecule has 0 radical (unpaired) electrons. The fraction of sp³-hybridized carbons (Fsp3) is 0.583. The van der Waals surface area contributed by atoms with Gasteiger partial charge >= 0.3 is 5.97 Å². The maximum absolute atomic E-state index is 10.9. The zero-order valence-corrected chi connectivity index (χ0v) is 11.1. The van der Waals surface area contributed by atoms with Crippen molar-refractivity contribution in [3.63, 3.8) is 0 Å². The molecule has 5 heteroatoms. The molecule has 17 heavy (non-hydrogen) atoms. The third-order valence-electron chi connectivity index (χ3n) is 2.04. The molecule has 1 aromatic rings. The lowest BCUT2D eigenvalue weighted by molar-refractivity contribution is -0.148. The van der Waals surface area contributed by atoms with E-state index in [-0.39, 0.29) is 12.6 Å². The van der Waals surface area contributed by atoms with Gasteiger partial charge in [-0.3, -0.25) is 0 Å². The molecule has 1 N–H and O–H groups in total. The Hall–Kier alpha value is -0.910. The van der Waals surface area contributed by atoms with Crippen LogP contribution in [0.2, 0.25) is 0 Å². The van der Waals surface area contributed by atoms with Crippen molar-refractivity contribution in [2.45, 2.75) is 20.4 Å². The Morgan fingerprint density at radius 1 is 1.47 bits per heavy atom. The molecular formula is C12H19NO3S. The van der Waals surface area contributed by atoms with E-state index in [0.717, 1.165) is 13.1 Å². The number of hydrogen-bond donors (Lipinski definition) is 1. The number of rotatable bonds is 8. The number of esters is 1. The molecule has 0 unspecified atom stereocenters. The van der Waals surface area contributed by atoms with Crippen LogP contribution in [0.4, 0.5) is 0 Å². The quantitative estimate of drug-likeness (QED) is 0.569. The molecule has 0 atom stereocenters. The molecule has 1 aromatic heterocycles. The fourth-order valence-corrected chi connectivity index (χ4v) is 2.15. The first-order chi connectivity index (χ1) is 8.22. The van der Waals surface area contributed by atoms with Gasteiger partial charge in [0.2, 0.25) is 0 Å². The molecule has 4 nitrogen and oxygen atoms in total. The Labute approximate surface area is 106 Å². The van der Waals surface area contributed by atoms with Gasteiger partial charge in [-0.1, -0.05) is 0 Å². The Kier molecular flexibility index (Phi) is 6.84. The summed E-state index contributed by atoms with van der Waals surface area (Å²) in [6, 6.07) is 4.23. The van der Waals surface area contributed by atoms with Gasteiger partial charge in [-0.2, -0.15) is 0 Å². The zero-order valence-electron chi connectivity index (χ0n) is 10.3. The predicted molar refractivity (Wildman–Crippen MR) is 68.2 cm³/mol. The van der Waals surface area contributed by atoms with Gasteiger partial charge in [-0.15, -0.1) is 11.3 Å². The molecular weight excluding hydrogens is 238 g/mol. The maximum Gasteiger partial charge on any atom is 0.332 e. The molecule has 0 amide bonds. The van der Waals surface area contributed by atoms with Crippen LogP contribution in [-0.2, 0) is 20.8 Å². The summed E-state index contributed by atoms with van der Waals surface area (Å²) in [5.74, 6) is -0.304. The maximum atomic E-state index is 10.9. The summed E-state index contributed by atoms with van der Waals surface area (Å²) in [6.07, 6.45) is 0. The first kappa shape index (κ1) is 14.2. The molecule has 0 fully saturated rings. The lowest BCUT2D eigenvalue weighted by Gasteiger charge is -2.05. The van der Waals surface area contributed by atoms with Gasteiger partial charge in [0.05, 0.1) is 13.2 Å². The smallest absolute Gasteiger partial charge is 0.332 e. The van der Waals surface area contributed by atoms with E-state index in [1.165, 1.54) is 9.75 Å². The minimum Gasteiger partial charge on any atom is -0.464 e. The minimum atomic E-state index is -0.304. The van der Waals surface area contributed by atoms with Crippen molar-refractivity contribution in [2.24, 2.45) is 0 Å². The molecule has 0 aliphatic heterocycles. The molecule has 0 bridgehead atoms. The Morgan fingerprint density at radius 3 is 2.94 bits per heavy atom. The highest BCUT2D eigenvalue weighted by Crippen LogP contribution is 2.14. The zero-order chi connectivity index (χ0) is 12.5. The monoisotopic (exact) mass is 257 g/mol. The van der Waals surface area contributed by atoms with Crippen LogP contribution in [0, 0.1) is 6.92 Å². The van der Waals surface area contributed by atoms with E-state index in [2.05, 4.69) is 24.4 Å². The number of aryl methyl sites for hydroxylation is 1. The number of carbonyl (C=O) groups excluding carboxylic acids is 1. The van der Waals surface area contributed by atoms with E-state index in [0.29, 0.717) is 13.2 Å². The summed E-state index contributed by atoms with van der Waals surface area (Å²) in [7, 11) is 0. The lowest BCUT2D eigenvalue weighted by Crippen LogP contribution is -2.21. The van der Waals surface area contributed by atoms with Crippen LogP contribution in [0.5, 0.6) is 0 Å². The SMILES string of the molecule is CCOC(=O)COCCNCc1ccc(C)s1. The van der Waals surface area contributed by atoms with E-state index >= 15 is 0 Å². The van der Waals surface area contributed by atoms with Crippen LogP contribution >= 0.6 is 11.3 Å². The van der Waals surface area contributed by atoms with Gasteiger partial charge in [0.15, 0.2) is 0 Å². The summed E-state index contributed by atoms with van der Waals surface area (Å²) in [6.45, 7) is 6.41. The number of nitrogens with one attached hydrogen (secondary N) is 1. The molecule has 0 aliphatic carbocycles. The van der Waals surface area contributed by atoms with Crippen molar-refractivity contribution in [3.05, 3.63) is 21.9 Å². The van der Waals surface area contributed by atoms with Crippen LogP contribution < -0.4 is 5.32 Å².